The Morgan fingerprint density at radius 2 is 0.527 bits per heavy atom. The van der Waals surface area contributed by atoms with Crippen molar-refractivity contribution >= 4 is 17.9 Å². The molecule has 6 nitrogen and oxygen atoms in total. The van der Waals surface area contributed by atoms with Crippen molar-refractivity contribution in [2.45, 2.75) is 290 Å². The van der Waals surface area contributed by atoms with Crippen molar-refractivity contribution in [1.82, 2.24) is 0 Å². The Hall–Kier alpha value is -3.93. The number of allylic oxidation sites excluding steroid dienone is 18. The van der Waals surface area contributed by atoms with Crippen LogP contribution < -0.4 is 0 Å². The molecule has 0 rings (SSSR count). The standard InChI is InChI=1S/C68H114O6/c1-4-7-10-13-16-19-22-25-27-29-31-33-34-36-37-39-41-43-46-49-52-55-58-61-67(70)73-64-65(63-72-66(69)60-57-54-51-48-45-24-21-18-15-12-9-6-3)74-68(71)62-59-56-53-50-47-44-42-40-38-35-32-30-28-26-23-20-17-14-11-8-5-2/h7,10,16,18-19,21,23,25-27,30-33,36-37,41,43,65H,4-6,8-9,11-15,17,20,22,24,28-29,34-35,38-40,42,44-64H2,1-3H3/b10-7-,19-16-,21-18-,26-23-,27-25-,32-30-,33-31-,37-36-,43-41-. The lowest BCUT2D eigenvalue weighted by Gasteiger charge is -2.18. The lowest BCUT2D eigenvalue weighted by molar-refractivity contribution is -0.167. The highest BCUT2D eigenvalue weighted by atomic mass is 16.6. The molecule has 0 spiro atoms. The number of unbranched alkanes of at least 4 members (excludes halogenated alkanes) is 26. The molecule has 0 aromatic rings. The van der Waals surface area contributed by atoms with Crippen molar-refractivity contribution in [3.8, 4) is 0 Å². The number of hydrogen-bond donors (Lipinski definition) is 0. The predicted molar refractivity (Wildman–Crippen MR) is 320 cm³/mol. The maximum atomic E-state index is 12.9. The van der Waals surface area contributed by atoms with Crippen LogP contribution in [0.4, 0.5) is 0 Å². The summed E-state index contributed by atoms with van der Waals surface area (Å²) in [6, 6.07) is 0. The molecule has 74 heavy (non-hydrogen) atoms. The molecule has 0 bridgehead atoms. The molecule has 0 saturated heterocycles. The van der Waals surface area contributed by atoms with Gasteiger partial charge >= 0.3 is 17.9 Å². The second-order valence-electron chi connectivity index (χ2n) is 20.2. The number of hydrogen-bond acceptors (Lipinski definition) is 6. The molecule has 0 aliphatic rings. The summed E-state index contributed by atoms with van der Waals surface area (Å²) in [5, 5.41) is 0. The molecular formula is C68H114O6. The minimum absolute atomic E-state index is 0.0933. The zero-order chi connectivity index (χ0) is 53.6. The summed E-state index contributed by atoms with van der Waals surface area (Å²) in [5.41, 5.74) is 0. The van der Waals surface area contributed by atoms with Crippen molar-refractivity contribution < 1.29 is 28.6 Å². The van der Waals surface area contributed by atoms with Gasteiger partial charge in [-0.25, -0.2) is 0 Å². The van der Waals surface area contributed by atoms with Crippen LogP contribution in [0.5, 0.6) is 0 Å². The van der Waals surface area contributed by atoms with Crippen LogP contribution in [0, 0.1) is 0 Å². The van der Waals surface area contributed by atoms with E-state index in [9.17, 15) is 14.4 Å². The van der Waals surface area contributed by atoms with E-state index in [4.69, 9.17) is 14.2 Å². The van der Waals surface area contributed by atoms with E-state index < -0.39 is 6.10 Å². The molecule has 0 N–H and O–H groups in total. The third-order valence-electron chi connectivity index (χ3n) is 13.0. The van der Waals surface area contributed by atoms with E-state index in [1.807, 2.05) is 0 Å². The molecule has 1 unspecified atom stereocenters. The van der Waals surface area contributed by atoms with Gasteiger partial charge in [0.2, 0.25) is 0 Å². The lowest BCUT2D eigenvalue weighted by atomic mass is 10.1. The first-order valence-electron chi connectivity index (χ1n) is 30.9. The highest BCUT2D eigenvalue weighted by Crippen LogP contribution is 2.15. The van der Waals surface area contributed by atoms with Gasteiger partial charge in [0.05, 0.1) is 0 Å². The Labute approximate surface area is 457 Å². The smallest absolute Gasteiger partial charge is 0.306 e. The number of carbonyl (C=O) groups excluding carboxylic acids is 3. The van der Waals surface area contributed by atoms with E-state index in [0.29, 0.717) is 19.3 Å². The van der Waals surface area contributed by atoms with E-state index in [1.165, 1.54) is 122 Å². The average molecular weight is 1030 g/mol. The molecule has 422 valence electrons. The second-order valence-corrected chi connectivity index (χ2v) is 20.2. The maximum Gasteiger partial charge on any atom is 0.306 e. The fourth-order valence-electron chi connectivity index (χ4n) is 8.35. The number of carbonyl (C=O) groups is 3. The molecule has 0 aliphatic carbocycles. The Morgan fingerprint density at radius 3 is 0.865 bits per heavy atom. The van der Waals surface area contributed by atoms with Crippen molar-refractivity contribution in [2.24, 2.45) is 0 Å². The number of rotatable bonds is 55. The van der Waals surface area contributed by atoms with Gasteiger partial charge in [0, 0.05) is 19.3 Å². The molecule has 0 amide bonds. The molecule has 0 radical (unpaired) electrons. The summed E-state index contributed by atoms with van der Waals surface area (Å²) in [6.07, 6.45) is 83.7. The summed E-state index contributed by atoms with van der Waals surface area (Å²) in [7, 11) is 0. The van der Waals surface area contributed by atoms with Crippen LogP contribution in [0.1, 0.15) is 284 Å². The highest BCUT2D eigenvalue weighted by molar-refractivity contribution is 5.71. The molecule has 0 aliphatic heterocycles. The van der Waals surface area contributed by atoms with Gasteiger partial charge in [-0.2, -0.15) is 0 Å². The van der Waals surface area contributed by atoms with Crippen molar-refractivity contribution in [2.75, 3.05) is 13.2 Å². The molecule has 0 saturated carbocycles. The quantitative estimate of drug-likeness (QED) is 0.0261. The van der Waals surface area contributed by atoms with Crippen molar-refractivity contribution in [3.63, 3.8) is 0 Å². The highest BCUT2D eigenvalue weighted by Gasteiger charge is 2.19. The fraction of sp³-hybridized carbons (Fsp3) is 0.691. The van der Waals surface area contributed by atoms with Gasteiger partial charge in [-0.05, 0) is 128 Å². The van der Waals surface area contributed by atoms with Gasteiger partial charge in [-0.15, -0.1) is 0 Å². The molecule has 0 aromatic heterocycles. The van der Waals surface area contributed by atoms with E-state index in [-0.39, 0.29) is 31.1 Å². The van der Waals surface area contributed by atoms with Crippen LogP contribution in [0.15, 0.2) is 109 Å². The predicted octanol–water partition coefficient (Wildman–Crippen LogP) is 21.0. The van der Waals surface area contributed by atoms with E-state index >= 15 is 0 Å². The summed E-state index contributed by atoms with van der Waals surface area (Å²) in [6.45, 7) is 6.47. The Bertz CT molecular complexity index is 1510. The maximum absolute atomic E-state index is 12.9. The minimum atomic E-state index is -0.797. The summed E-state index contributed by atoms with van der Waals surface area (Å²) in [4.78, 5) is 38.2. The third-order valence-corrected chi connectivity index (χ3v) is 13.0. The SMILES string of the molecule is CC/C=C\C/C=C\C/C=C\C/C=C\C/C=C\C/C=C\CCCCCCC(=O)OCC(COC(=O)CCCCCCC/C=C\CCCCC)OC(=O)CCCCCCCCCCC/C=C\C/C=C\CCCCCCC. The Morgan fingerprint density at radius 1 is 0.284 bits per heavy atom. The second kappa shape index (κ2) is 61.6. The first kappa shape index (κ1) is 70.1. The van der Waals surface area contributed by atoms with Gasteiger partial charge < -0.3 is 14.2 Å². The van der Waals surface area contributed by atoms with Gasteiger partial charge in [0.15, 0.2) is 6.10 Å². The van der Waals surface area contributed by atoms with Crippen LogP contribution in [-0.4, -0.2) is 37.2 Å². The fourth-order valence-corrected chi connectivity index (χ4v) is 8.35. The zero-order valence-electron chi connectivity index (χ0n) is 48.3. The molecular weight excluding hydrogens is 913 g/mol. The van der Waals surface area contributed by atoms with Crippen LogP contribution in [0.25, 0.3) is 0 Å². The number of esters is 3. The molecule has 0 aromatic carbocycles. The van der Waals surface area contributed by atoms with Crippen molar-refractivity contribution in [3.05, 3.63) is 109 Å². The molecule has 0 fully saturated rings. The largest absolute Gasteiger partial charge is 0.462 e. The molecule has 6 heteroatoms. The normalized spacial score (nSPS) is 12.9. The van der Waals surface area contributed by atoms with Crippen LogP contribution >= 0.6 is 0 Å². The number of ether oxygens (including phenoxy) is 3. The molecule has 0 heterocycles. The Kier molecular flexibility index (Phi) is 58.3. The monoisotopic (exact) mass is 1030 g/mol. The van der Waals surface area contributed by atoms with Gasteiger partial charge in [-0.1, -0.05) is 246 Å². The van der Waals surface area contributed by atoms with Gasteiger partial charge in [0.25, 0.3) is 0 Å². The summed E-state index contributed by atoms with van der Waals surface area (Å²) < 4.78 is 16.9. The summed E-state index contributed by atoms with van der Waals surface area (Å²) in [5.74, 6) is -0.928. The molecule has 1 atom stereocenters. The zero-order valence-corrected chi connectivity index (χ0v) is 48.3. The Balaban J connectivity index is 4.41. The van der Waals surface area contributed by atoms with E-state index in [2.05, 4.69) is 130 Å². The van der Waals surface area contributed by atoms with Crippen LogP contribution in [0.3, 0.4) is 0 Å². The first-order chi connectivity index (χ1) is 36.5. The van der Waals surface area contributed by atoms with Crippen LogP contribution in [0.2, 0.25) is 0 Å². The lowest BCUT2D eigenvalue weighted by Crippen LogP contribution is -2.30. The van der Waals surface area contributed by atoms with Crippen molar-refractivity contribution in [1.29, 1.82) is 0 Å². The summed E-state index contributed by atoms with van der Waals surface area (Å²) >= 11 is 0. The topological polar surface area (TPSA) is 78.9 Å². The van der Waals surface area contributed by atoms with Gasteiger partial charge in [0.1, 0.15) is 13.2 Å². The van der Waals surface area contributed by atoms with Crippen LogP contribution in [-0.2, 0) is 28.6 Å². The average Bonchev–Trinajstić information content (AvgIpc) is 3.40. The first-order valence-corrected chi connectivity index (χ1v) is 30.9. The van der Waals surface area contributed by atoms with E-state index in [1.54, 1.807) is 0 Å². The van der Waals surface area contributed by atoms with E-state index in [0.717, 1.165) is 122 Å². The minimum Gasteiger partial charge on any atom is -0.462 e. The third kappa shape index (κ3) is 59.0. The van der Waals surface area contributed by atoms with Gasteiger partial charge in [-0.3, -0.25) is 14.4 Å².